The molecule has 4 aromatic rings. The Balaban J connectivity index is 1.65. The molecule has 1 amide bonds. The third-order valence-electron chi connectivity index (χ3n) is 4.84. The summed E-state index contributed by atoms with van der Waals surface area (Å²) in [6.45, 7) is 5.33. The van der Waals surface area contributed by atoms with E-state index in [1.807, 2.05) is 25.1 Å². The highest BCUT2D eigenvalue weighted by atomic mass is 35.5. The first-order valence-corrected chi connectivity index (χ1v) is 10.9. The predicted octanol–water partition coefficient (Wildman–Crippen LogP) is 6.93. The summed E-state index contributed by atoms with van der Waals surface area (Å²) in [5.41, 5.74) is 2.42. The van der Waals surface area contributed by atoms with E-state index in [0.717, 1.165) is 10.9 Å². The highest BCUT2D eigenvalue weighted by Crippen LogP contribution is 2.37. The molecule has 2 heterocycles. The summed E-state index contributed by atoms with van der Waals surface area (Å²) in [5, 5.41) is 15.3. The largest absolute Gasteiger partial charge is 0.486 e. The van der Waals surface area contributed by atoms with Gasteiger partial charge >= 0.3 is 0 Å². The summed E-state index contributed by atoms with van der Waals surface area (Å²) in [5.74, 6) is 0.735. The zero-order chi connectivity index (χ0) is 23.5. The molecule has 7 nitrogen and oxygen atoms in total. The summed E-state index contributed by atoms with van der Waals surface area (Å²) in [6, 6.07) is 10.7. The van der Waals surface area contributed by atoms with Crippen molar-refractivity contribution in [3.8, 4) is 5.75 Å². The minimum absolute atomic E-state index is 0.356. The van der Waals surface area contributed by atoms with E-state index in [9.17, 15) is 4.79 Å². The van der Waals surface area contributed by atoms with Crippen LogP contribution >= 0.6 is 34.8 Å². The molecular weight excluding hydrogens is 485 g/mol. The summed E-state index contributed by atoms with van der Waals surface area (Å²) >= 11 is 18.9. The van der Waals surface area contributed by atoms with Crippen LogP contribution in [0.1, 0.15) is 18.6 Å². The van der Waals surface area contributed by atoms with E-state index in [-0.39, 0.29) is 5.91 Å². The Hall–Kier alpha value is -3.26. The lowest BCUT2D eigenvalue weighted by atomic mass is 10.1. The number of para-hydroxylation sites is 1. The van der Waals surface area contributed by atoms with E-state index in [0.29, 0.717) is 43.6 Å². The van der Waals surface area contributed by atoms with Crippen molar-refractivity contribution in [1.29, 1.82) is 0 Å². The zero-order valence-corrected chi connectivity index (χ0v) is 19.6. The fraction of sp³-hybridized carbons (Fsp3) is 0.0870. The van der Waals surface area contributed by atoms with Crippen LogP contribution in [0, 0.1) is 0 Å². The van der Waals surface area contributed by atoms with E-state index in [2.05, 4.69) is 32.4 Å². The van der Waals surface area contributed by atoms with Crippen LogP contribution in [-0.4, -0.2) is 21.1 Å². The number of aromatic nitrogens is 3. The first-order valence-electron chi connectivity index (χ1n) is 9.80. The minimum atomic E-state index is -0.418. The topological polar surface area (TPSA) is 91.9 Å². The van der Waals surface area contributed by atoms with Crippen molar-refractivity contribution in [2.75, 3.05) is 10.6 Å². The van der Waals surface area contributed by atoms with Crippen molar-refractivity contribution in [3.05, 3.63) is 82.1 Å². The number of anilines is 3. The van der Waals surface area contributed by atoms with Gasteiger partial charge in [0.25, 0.3) is 0 Å². The van der Waals surface area contributed by atoms with Gasteiger partial charge in [0.1, 0.15) is 11.9 Å². The standard InChI is InChI=1S/C23H18Cl3N5O2/c1-3-20(32)28-19-6-4-5-15(24)22(19)29-23-14-9-13(7-8-18(14)30-31-23)33-12(2)21-16(25)10-27-11-17(21)26/h3-12H,1H2,2H3,(H,28,32)(H2,29,30,31). The maximum absolute atomic E-state index is 11.8. The Morgan fingerprint density at radius 3 is 2.64 bits per heavy atom. The quantitative estimate of drug-likeness (QED) is 0.238. The molecule has 168 valence electrons. The monoisotopic (exact) mass is 501 g/mol. The first-order chi connectivity index (χ1) is 15.9. The normalized spacial score (nSPS) is 11.8. The number of fused-ring (bicyclic) bond motifs is 1. The molecule has 0 aliphatic carbocycles. The first kappa shape index (κ1) is 22.9. The Labute approximate surface area is 204 Å². The molecule has 1 atom stereocenters. The van der Waals surface area contributed by atoms with Crippen molar-refractivity contribution in [2.24, 2.45) is 0 Å². The number of pyridine rings is 1. The number of hydrogen-bond donors (Lipinski definition) is 3. The van der Waals surface area contributed by atoms with Gasteiger partial charge in [-0.25, -0.2) is 0 Å². The van der Waals surface area contributed by atoms with E-state index >= 15 is 0 Å². The highest BCUT2D eigenvalue weighted by Gasteiger charge is 2.18. The van der Waals surface area contributed by atoms with E-state index in [1.165, 1.54) is 18.5 Å². The number of carbonyl (C=O) groups is 1. The van der Waals surface area contributed by atoms with Gasteiger partial charge in [-0.15, -0.1) is 0 Å². The van der Waals surface area contributed by atoms with Crippen LogP contribution in [0.4, 0.5) is 17.2 Å². The molecule has 2 aromatic heterocycles. The SMILES string of the molecule is C=CC(=O)Nc1cccc(Cl)c1Nc1n[nH]c2ccc(OC(C)c3c(Cl)cncc3Cl)cc12. The lowest BCUT2D eigenvalue weighted by Gasteiger charge is -2.17. The zero-order valence-electron chi connectivity index (χ0n) is 17.3. The van der Waals surface area contributed by atoms with Gasteiger partial charge in [-0.2, -0.15) is 5.10 Å². The number of H-pyrrole nitrogens is 1. The maximum atomic E-state index is 11.8. The van der Waals surface area contributed by atoms with Gasteiger partial charge in [0, 0.05) is 23.3 Å². The molecule has 10 heteroatoms. The fourth-order valence-corrected chi connectivity index (χ4v) is 4.19. The summed E-state index contributed by atoms with van der Waals surface area (Å²) in [4.78, 5) is 15.8. The lowest BCUT2D eigenvalue weighted by Crippen LogP contribution is -2.09. The van der Waals surface area contributed by atoms with E-state index in [1.54, 1.807) is 18.2 Å². The molecule has 0 bridgehead atoms. The van der Waals surface area contributed by atoms with Gasteiger partial charge in [0.05, 0.1) is 32.0 Å². The third kappa shape index (κ3) is 4.90. The molecule has 0 fully saturated rings. The number of benzene rings is 2. The molecule has 3 N–H and O–H groups in total. The van der Waals surface area contributed by atoms with E-state index in [4.69, 9.17) is 39.5 Å². The van der Waals surface area contributed by atoms with Gasteiger partial charge in [-0.1, -0.05) is 47.4 Å². The number of hydrogen-bond acceptors (Lipinski definition) is 5. The number of nitrogens with one attached hydrogen (secondary N) is 3. The number of aromatic amines is 1. The van der Waals surface area contributed by atoms with Gasteiger partial charge < -0.3 is 15.4 Å². The van der Waals surface area contributed by atoms with Crippen LogP contribution in [-0.2, 0) is 4.79 Å². The van der Waals surface area contributed by atoms with Crippen LogP contribution in [0.25, 0.3) is 10.9 Å². The smallest absolute Gasteiger partial charge is 0.247 e. The summed E-state index contributed by atoms with van der Waals surface area (Å²) in [7, 11) is 0. The number of carbonyl (C=O) groups excluding carboxylic acids is 1. The molecule has 33 heavy (non-hydrogen) atoms. The van der Waals surface area contributed by atoms with Crippen molar-refractivity contribution in [1.82, 2.24) is 15.2 Å². The van der Waals surface area contributed by atoms with Crippen LogP contribution in [0.3, 0.4) is 0 Å². The Morgan fingerprint density at radius 2 is 1.91 bits per heavy atom. The van der Waals surface area contributed by atoms with Crippen molar-refractivity contribution in [3.63, 3.8) is 0 Å². The second kappa shape index (κ2) is 9.70. The highest BCUT2D eigenvalue weighted by molar-refractivity contribution is 6.36. The molecule has 0 aliphatic heterocycles. The molecule has 0 radical (unpaired) electrons. The predicted molar refractivity (Wildman–Crippen MR) is 133 cm³/mol. The Kier molecular flexibility index (Phi) is 6.74. The minimum Gasteiger partial charge on any atom is -0.486 e. The van der Waals surface area contributed by atoms with Crippen molar-refractivity contribution < 1.29 is 9.53 Å². The molecule has 0 saturated carbocycles. The van der Waals surface area contributed by atoms with Crippen LogP contribution in [0.5, 0.6) is 5.75 Å². The average molecular weight is 503 g/mol. The van der Waals surface area contributed by atoms with Crippen LogP contribution < -0.4 is 15.4 Å². The number of ether oxygens (including phenoxy) is 1. The number of amides is 1. The van der Waals surface area contributed by atoms with Crippen molar-refractivity contribution in [2.45, 2.75) is 13.0 Å². The van der Waals surface area contributed by atoms with Gasteiger partial charge in [0.2, 0.25) is 5.91 Å². The average Bonchev–Trinajstić information content (AvgIpc) is 3.18. The van der Waals surface area contributed by atoms with Gasteiger partial charge in [0.15, 0.2) is 5.82 Å². The molecular formula is C23H18Cl3N5O2. The Bertz CT molecular complexity index is 1340. The van der Waals surface area contributed by atoms with Gasteiger partial charge in [-0.05, 0) is 43.3 Å². The number of halogens is 3. The third-order valence-corrected chi connectivity index (χ3v) is 5.76. The van der Waals surface area contributed by atoms with E-state index < -0.39 is 6.10 Å². The molecule has 4 rings (SSSR count). The fourth-order valence-electron chi connectivity index (χ4n) is 3.29. The molecule has 1 unspecified atom stereocenters. The van der Waals surface area contributed by atoms with Crippen LogP contribution in [0.15, 0.2) is 61.4 Å². The molecule has 2 aromatic carbocycles. The van der Waals surface area contributed by atoms with Crippen LogP contribution in [0.2, 0.25) is 15.1 Å². The second-order valence-corrected chi connectivity index (χ2v) is 8.26. The molecule has 0 spiro atoms. The van der Waals surface area contributed by atoms with Crippen molar-refractivity contribution >= 4 is 68.8 Å². The molecule has 0 aliphatic rings. The number of rotatable bonds is 7. The van der Waals surface area contributed by atoms with Gasteiger partial charge in [-0.3, -0.25) is 14.9 Å². The summed E-state index contributed by atoms with van der Waals surface area (Å²) in [6.07, 6.45) is 3.81. The number of nitrogens with zero attached hydrogens (tertiary/aromatic N) is 2. The maximum Gasteiger partial charge on any atom is 0.247 e. The Morgan fingerprint density at radius 1 is 1.15 bits per heavy atom. The lowest BCUT2D eigenvalue weighted by molar-refractivity contribution is -0.111. The molecule has 0 saturated heterocycles. The second-order valence-electron chi connectivity index (χ2n) is 7.04. The summed E-state index contributed by atoms with van der Waals surface area (Å²) < 4.78 is 6.10.